The molecule has 0 bridgehead atoms. The van der Waals surface area contributed by atoms with Gasteiger partial charge in [-0.05, 0) is 61.6 Å². The maximum absolute atomic E-state index is 13.7. The summed E-state index contributed by atoms with van der Waals surface area (Å²) < 4.78 is 26.6. The minimum absolute atomic E-state index is 0.102. The van der Waals surface area contributed by atoms with Gasteiger partial charge < -0.3 is 10.2 Å². The van der Waals surface area contributed by atoms with Gasteiger partial charge in [-0.25, -0.2) is 8.42 Å². The summed E-state index contributed by atoms with van der Waals surface area (Å²) in [6.45, 7) is 6.35. The Morgan fingerprint density at radius 2 is 1.54 bits per heavy atom. The monoisotopic (exact) mass is 549 g/mol. The Labute approximate surface area is 232 Å². The summed E-state index contributed by atoms with van der Waals surface area (Å²) in [5, 5.41) is 2.72. The number of carbonyl (C=O) groups is 2. The van der Waals surface area contributed by atoms with Crippen LogP contribution in [0.1, 0.15) is 40.7 Å². The zero-order valence-electron chi connectivity index (χ0n) is 23.5. The number of amides is 2. The second-order valence-corrected chi connectivity index (χ2v) is 11.9. The first-order valence-corrected chi connectivity index (χ1v) is 15.0. The van der Waals surface area contributed by atoms with Crippen molar-refractivity contribution in [3.05, 3.63) is 101 Å². The van der Waals surface area contributed by atoms with E-state index >= 15 is 0 Å². The van der Waals surface area contributed by atoms with Crippen LogP contribution in [0.2, 0.25) is 0 Å². The second kappa shape index (κ2) is 13.4. The molecule has 0 fully saturated rings. The van der Waals surface area contributed by atoms with Crippen LogP contribution in [-0.2, 0) is 32.6 Å². The Hall–Kier alpha value is -3.65. The number of hydrogen-bond donors (Lipinski definition) is 1. The molecule has 3 rings (SSSR count). The number of carbonyl (C=O) groups excluding carboxylic acids is 2. The van der Waals surface area contributed by atoms with Gasteiger partial charge in [-0.1, -0.05) is 66.2 Å². The van der Waals surface area contributed by atoms with Crippen molar-refractivity contribution < 1.29 is 18.0 Å². The summed E-state index contributed by atoms with van der Waals surface area (Å²) in [6.07, 6.45) is 1.96. The lowest BCUT2D eigenvalue weighted by Gasteiger charge is -2.31. The minimum atomic E-state index is -3.55. The van der Waals surface area contributed by atoms with E-state index in [9.17, 15) is 18.0 Å². The molecule has 0 aliphatic carbocycles. The number of benzene rings is 3. The third-order valence-electron chi connectivity index (χ3n) is 6.92. The van der Waals surface area contributed by atoms with Crippen LogP contribution in [-0.4, -0.2) is 51.0 Å². The average molecular weight is 550 g/mol. The Bertz CT molecular complexity index is 1370. The van der Waals surface area contributed by atoms with Gasteiger partial charge in [0.1, 0.15) is 6.04 Å². The molecule has 7 nitrogen and oxygen atoms in total. The van der Waals surface area contributed by atoms with E-state index in [-0.39, 0.29) is 31.3 Å². The Kier molecular flexibility index (Phi) is 10.3. The van der Waals surface area contributed by atoms with Gasteiger partial charge in [0, 0.05) is 33.0 Å². The number of nitrogens with zero attached hydrogens (tertiary/aromatic N) is 2. The number of aryl methyl sites for hydroxylation is 3. The van der Waals surface area contributed by atoms with Crippen molar-refractivity contribution in [1.29, 1.82) is 0 Å². The van der Waals surface area contributed by atoms with E-state index in [1.54, 1.807) is 18.0 Å². The van der Waals surface area contributed by atoms with Crippen LogP contribution in [0.3, 0.4) is 0 Å². The molecule has 3 aromatic carbocycles. The van der Waals surface area contributed by atoms with Crippen molar-refractivity contribution in [3.63, 3.8) is 0 Å². The molecule has 0 spiro atoms. The van der Waals surface area contributed by atoms with E-state index in [0.717, 1.165) is 27.8 Å². The number of nitrogens with one attached hydrogen (secondary N) is 1. The van der Waals surface area contributed by atoms with Crippen molar-refractivity contribution in [1.82, 2.24) is 10.2 Å². The van der Waals surface area contributed by atoms with Crippen LogP contribution in [0, 0.1) is 20.8 Å². The van der Waals surface area contributed by atoms with Gasteiger partial charge in [0.2, 0.25) is 21.8 Å². The lowest BCUT2D eigenvalue weighted by atomic mass is 10.0. The van der Waals surface area contributed by atoms with Crippen molar-refractivity contribution in [3.8, 4) is 0 Å². The molecule has 3 aromatic rings. The zero-order chi connectivity index (χ0) is 28.6. The molecule has 0 aromatic heterocycles. The molecule has 1 atom stereocenters. The summed E-state index contributed by atoms with van der Waals surface area (Å²) in [5.74, 6) is -0.444. The molecular formula is C31H39N3O4S. The van der Waals surface area contributed by atoms with Crippen LogP contribution in [0.25, 0.3) is 0 Å². The molecule has 0 saturated heterocycles. The highest BCUT2D eigenvalue weighted by molar-refractivity contribution is 7.92. The van der Waals surface area contributed by atoms with Crippen molar-refractivity contribution in [2.45, 2.75) is 52.6 Å². The van der Waals surface area contributed by atoms with E-state index in [0.29, 0.717) is 18.5 Å². The lowest BCUT2D eigenvalue weighted by Crippen LogP contribution is -2.49. The highest BCUT2D eigenvalue weighted by Gasteiger charge is 2.30. The van der Waals surface area contributed by atoms with Crippen LogP contribution in [0.5, 0.6) is 0 Å². The van der Waals surface area contributed by atoms with E-state index in [2.05, 4.69) is 5.32 Å². The van der Waals surface area contributed by atoms with Gasteiger partial charge in [0.15, 0.2) is 0 Å². The topological polar surface area (TPSA) is 86.8 Å². The summed E-state index contributed by atoms with van der Waals surface area (Å²) >= 11 is 0. The summed E-state index contributed by atoms with van der Waals surface area (Å²) in [5.41, 5.74) is 5.63. The maximum atomic E-state index is 13.7. The summed E-state index contributed by atoms with van der Waals surface area (Å²) in [6, 6.07) is 22.3. The number of anilines is 1. The first kappa shape index (κ1) is 29.9. The Balaban J connectivity index is 1.84. The van der Waals surface area contributed by atoms with E-state index in [1.807, 2.05) is 87.5 Å². The molecule has 208 valence electrons. The highest BCUT2D eigenvalue weighted by Crippen LogP contribution is 2.23. The van der Waals surface area contributed by atoms with Gasteiger partial charge in [-0.2, -0.15) is 0 Å². The number of sulfonamides is 1. The predicted octanol–water partition coefficient (Wildman–Crippen LogP) is 4.54. The first-order chi connectivity index (χ1) is 18.5. The third kappa shape index (κ3) is 8.42. The fourth-order valence-corrected chi connectivity index (χ4v) is 5.45. The maximum Gasteiger partial charge on any atom is 0.242 e. The van der Waals surface area contributed by atoms with Crippen LogP contribution in [0.4, 0.5) is 5.69 Å². The van der Waals surface area contributed by atoms with Crippen LogP contribution >= 0.6 is 0 Å². The molecule has 2 amide bonds. The van der Waals surface area contributed by atoms with Crippen molar-refractivity contribution in [2.75, 3.05) is 24.2 Å². The predicted molar refractivity (Wildman–Crippen MR) is 157 cm³/mol. The number of hydrogen-bond acceptors (Lipinski definition) is 4. The van der Waals surface area contributed by atoms with Gasteiger partial charge in [-0.15, -0.1) is 0 Å². The molecule has 0 heterocycles. The minimum Gasteiger partial charge on any atom is -0.357 e. The highest BCUT2D eigenvalue weighted by atomic mass is 32.2. The van der Waals surface area contributed by atoms with Crippen LogP contribution < -0.4 is 9.62 Å². The Morgan fingerprint density at radius 1 is 0.872 bits per heavy atom. The molecule has 8 heteroatoms. The summed E-state index contributed by atoms with van der Waals surface area (Å²) in [4.78, 5) is 28.4. The second-order valence-electron chi connectivity index (χ2n) is 10.0. The normalized spacial score (nSPS) is 12.0. The van der Waals surface area contributed by atoms with Crippen molar-refractivity contribution >= 4 is 27.5 Å². The molecule has 0 aliphatic rings. The van der Waals surface area contributed by atoms with Gasteiger partial charge in [0.05, 0.1) is 11.9 Å². The quantitative estimate of drug-likeness (QED) is 0.359. The lowest BCUT2D eigenvalue weighted by molar-refractivity contribution is -0.141. The SMILES string of the molecule is CNC(=O)[C@H](Cc1ccccc1)N(Cc1ccc(C)cc1)C(=O)CCCN(c1ccc(C)c(C)c1)S(C)(=O)=O. The molecule has 1 N–H and O–H groups in total. The molecule has 0 radical (unpaired) electrons. The van der Waals surface area contributed by atoms with Crippen LogP contribution in [0.15, 0.2) is 72.8 Å². The molecule has 0 saturated carbocycles. The third-order valence-corrected chi connectivity index (χ3v) is 8.12. The first-order valence-electron chi connectivity index (χ1n) is 13.1. The molecular weight excluding hydrogens is 510 g/mol. The largest absolute Gasteiger partial charge is 0.357 e. The van der Waals surface area contributed by atoms with Gasteiger partial charge in [0.25, 0.3) is 0 Å². The molecule has 0 unspecified atom stereocenters. The molecule has 0 aliphatic heterocycles. The van der Waals surface area contributed by atoms with Gasteiger partial charge in [-0.3, -0.25) is 13.9 Å². The zero-order valence-corrected chi connectivity index (χ0v) is 24.3. The Morgan fingerprint density at radius 3 is 2.13 bits per heavy atom. The fraction of sp³-hybridized carbons (Fsp3) is 0.355. The molecule has 39 heavy (non-hydrogen) atoms. The number of rotatable bonds is 12. The number of likely N-dealkylation sites (N-methyl/N-ethyl adjacent to an activating group) is 1. The van der Waals surface area contributed by atoms with Crippen molar-refractivity contribution in [2.24, 2.45) is 0 Å². The van der Waals surface area contributed by atoms with E-state index in [4.69, 9.17) is 0 Å². The standard InChI is InChI=1S/C31H39N3O4S/c1-23-13-16-27(17-14-23)22-33(29(31(36)32-4)21-26-10-7-6-8-11-26)30(35)12-9-19-34(39(5,37)38)28-18-15-24(2)25(3)20-28/h6-8,10-11,13-18,20,29H,9,12,19,21-22H2,1-5H3,(H,32,36)/t29-/m0/s1. The fourth-order valence-electron chi connectivity index (χ4n) is 4.50. The summed E-state index contributed by atoms with van der Waals surface area (Å²) in [7, 11) is -1.98. The van der Waals surface area contributed by atoms with E-state index in [1.165, 1.54) is 10.6 Å². The smallest absolute Gasteiger partial charge is 0.242 e. The van der Waals surface area contributed by atoms with E-state index < -0.39 is 16.1 Å². The van der Waals surface area contributed by atoms with Gasteiger partial charge >= 0.3 is 0 Å². The average Bonchev–Trinajstić information content (AvgIpc) is 2.90.